The van der Waals surface area contributed by atoms with Crippen molar-refractivity contribution in [3.8, 4) is 6.01 Å². The number of ether oxygens (including phenoxy) is 1. The quantitative estimate of drug-likeness (QED) is 0.846. The smallest absolute Gasteiger partial charge is 0.322 e. The first kappa shape index (κ1) is 13.3. The van der Waals surface area contributed by atoms with Crippen LogP contribution < -0.4 is 14.5 Å². The summed E-state index contributed by atoms with van der Waals surface area (Å²) >= 11 is 7.52. The summed E-state index contributed by atoms with van der Waals surface area (Å²) in [6.07, 6.45) is 1.82. The van der Waals surface area contributed by atoms with E-state index in [4.69, 9.17) is 16.3 Å². The van der Waals surface area contributed by atoms with Gasteiger partial charge in [0.25, 0.3) is 0 Å². The minimum atomic E-state index is 0.147. The van der Waals surface area contributed by atoms with Crippen LogP contribution in [0.25, 0.3) is 0 Å². The van der Waals surface area contributed by atoms with Gasteiger partial charge in [-0.3, -0.25) is 0 Å². The van der Waals surface area contributed by atoms with Crippen LogP contribution in [0, 0.1) is 0 Å². The molecule has 0 aliphatic carbocycles. The Hall–Kier alpha value is -1.67. The first-order valence-electron chi connectivity index (χ1n) is 6.11. The van der Waals surface area contributed by atoms with Crippen molar-refractivity contribution >= 4 is 34.0 Å². The summed E-state index contributed by atoms with van der Waals surface area (Å²) in [6.45, 7) is 3.37. The molecule has 0 radical (unpaired) electrons. The van der Waals surface area contributed by atoms with Gasteiger partial charge in [-0.1, -0.05) is 0 Å². The minimum absolute atomic E-state index is 0.147. The number of hydrogen-bond donors (Lipinski definition) is 0. The predicted octanol–water partition coefficient (Wildman–Crippen LogP) is 1.32. The van der Waals surface area contributed by atoms with Crippen LogP contribution >= 0.6 is 22.9 Å². The van der Waals surface area contributed by atoms with Gasteiger partial charge in [-0.05, 0) is 11.6 Å². The summed E-state index contributed by atoms with van der Waals surface area (Å²) in [5, 5.41) is 3.18. The second-order valence-electron chi connectivity index (χ2n) is 4.18. The lowest BCUT2D eigenvalue weighted by molar-refractivity contribution is 0.377. The number of piperazine rings is 1. The summed E-state index contributed by atoms with van der Waals surface area (Å²) in [5.41, 5.74) is 0. The van der Waals surface area contributed by atoms with Crippen molar-refractivity contribution in [2.24, 2.45) is 0 Å². The molecule has 0 unspecified atom stereocenters. The van der Waals surface area contributed by atoms with Gasteiger partial charge in [-0.25, -0.2) is 4.98 Å². The molecule has 0 saturated carbocycles. The molecular formula is C11H13ClN6OS. The van der Waals surface area contributed by atoms with Gasteiger partial charge in [-0.15, -0.1) is 11.3 Å². The average molecular weight is 313 g/mol. The van der Waals surface area contributed by atoms with Crippen molar-refractivity contribution in [2.45, 2.75) is 0 Å². The highest BCUT2D eigenvalue weighted by Crippen LogP contribution is 2.21. The van der Waals surface area contributed by atoms with E-state index in [0.29, 0.717) is 5.95 Å². The fourth-order valence-corrected chi connectivity index (χ4v) is 2.87. The third-order valence-electron chi connectivity index (χ3n) is 3.01. The maximum absolute atomic E-state index is 5.87. The third-order valence-corrected chi connectivity index (χ3v) is 4.01. The molecule has 9 heteroatoms. The zero-order valence-corrected chi connectivity index (χ0v) is 12.4. The Labute approximate surface area is 125 Å². The molecule has 1 saturated heterocycles. The number of halogens is 1. The van der Waals surface area contributed by atoms with Crippen LogP contribution in [-0.4, -0.2) is 53.2 Å². The van der Waals surface area contributed by atoms with Crippen molar-refractivity contribution < 1.29 is 4.74 Å². The van der Waals surface area contributed by atoms with Crippen LogP contribution in [-0.2, 0) is 0 Å². The van der Waals surface area contributed by atoms with Gasteiger partial charge >= 0.3 is 6.01 Å². The van der Waals surface area contributed by atoms with E-state index in [1.807, 2.05) is 11.6 Å². The van der Waals surface area contributed by atoms with E-state index < -0.39 is 0 Å². The lowest BCUT2D eigenvalue weighted by Gasteiger charge is -2.34. The van der Waals surface area contributed by atoms with Crippen LogP contribution in [0.2, 0.25) is 5.28 Å². The van der Waals surface area contributed by atoms with Crippen LogP contribution in [0.4, 0.5) is 11.1 Å². The summed E-state index contributed by atoms with van der Waals surface area (Å²) < 4.78 is 5.01. The van der Waals surface area contributed by atoms with Crippen molar-refractivity contribution in [3.05, 3.63) is 16.9 Å². The molecule has 1 fully saturated rings. The number of hydrogen-bond acceptors (Lipinski definition) is 8. The minimum Gasteiger partial charge on any atom is -0.467 e. The first-order valence-corrected chi connectivity index (χ1v) is 7.37. The topological polar surface area (TPSA) is 67.3 Å². The Kier molecular flexibility index (Phi) is 3.83. The molecule has 1 aliphatic rings. The Morgan fingerprint density at radius 1 is 1.15 bits per heavy atom. The van der Waals surface area contributed by atoms with Crippen LogP contribution in [0.5, 0.6) is 6.01 Å². The number of aromatic nitrogens is 4. The zero-order chi connectivity index (χ0) is 13.9. The van der Waals surface area contributed by atoms with E-state index in [0.717, 1.165) is 31.3 Å². The standard InChI is InChI=1S/C11H13ClN6OS/c1-19-10-15-8(12)14-9(16-10)17-3-5-18(6-4-17)11-13-2-7-20-11/h2,7H,3-6H2,1H3. The highest BCUT2D eigenvalue weighted by Gasteiger charge is 2.21. The second-order valence-corrected chi connectivity index (χ2v) is 5.39. The second kappa shape index (κ2) is 5.76. The highest BCUT2D eigenvalue weighted by molar-refractivity contribution is 7.13. The van der Waals surface area contributed by atoms with Gasteiger partial charge in [0.15, 0.2) is 5.13 Å². The van der Waals surface area contributed by atoms with Crippen molar-refractivity contribution in [3.63, 3.8) is 0 Å². The van der Waals surface area contributed by atoms with Gasteiger partial charge in [0.1, 0.15) is 0 Å². The Morgan fingerprint density at radius 3 is 2.55 bits per heavy atom. The van der Waals surface area contributed by atoms with E-state index in [2.05, 4.69) is 29.7 Å². The summed E-state index contributed by atoms with van der Waals surface area (Å²) in [7, 11) is 1.51. The van der Waals surface area contributed by atoms with Crippen LogP contribution in [0.1, 0.15) is 0 Å². The van der Waals surface area contributed by atoms with Crippen molar-refractivity contribution in [1.29, 1.82) is 0 Å². The molecule has 3 heterocycles. The Morgan fingerprint density at radius 2 is 1.90 bits per heavy atom. The largest absolute Gasteiger partial charge is 0.467 e. The highest BCUT2D eigenvalue weighted by atomic mass is 35.5. The fraction of sp³-hybridized carbons (Fsp3) is 0.455. The molecule has 0 bridgehead atoms. The van der Waals surface area contributed by atoms with E-state index in [1.165, 1.54) is 7.11 Å². The molecule has 2 aromatic rings. The van der Waals surface area contributed by atoms with E-state index in [-0.39, 0.29) is 11.3 Å². The molecule has 0 amide bonds. The zero-order valence-electron chi connectivity index (χ0n) is 10.9. The van der Waals surface area contributed by atoms with E-state index in [1.54, 1.807) is 11.3 Å². The van der Waals surface area contributed by atoms with Gasteiger partial charge in [-0.2, -0.15) is 15.0 Å². The maximum atomic E-state index is 5.87. The maximum Gasteiger partial charge on any atom is 0.322 e. The lowest BCUT2D eigenvalue weighted by atomic mass is 10.3. The third kappa shape index (κ3) is 2.75. The van der Waals surface area contributed by atoms with Gasteiger partial charge in [0.05, 0.1) is 7.11 Å². The molecular weight excluding hydrogens is 300 g/mol. The summed E-state index contributed by atoms with van der Waals surface area (Å²) in [4.78, 5) is 20.9. The van der Waals surface area contributed by atoms with Crippen LogP contribution in [0.15, 0.2) is 11.6 Å². The molecule has 3 rings (SSSR count). The lowest BCUT2D eigenvalue weighted by Crippen LogP contribution is -2.47. The first-order chi connectivity index (χ1) is 9.76. The van der Waals surface area contributed by atoms with Crippen molar-refractivity contribution in [2.75, 3.05) is 43.1 Å². The molecule has 2 aromatic heterocycles. The van der Waals surface area contributed by atoms with E-state index in [9.17, 15) is 0 Å². The average Bonchev–Trinajstić information content (AvgIpc) is 3.01. The van der Waals surface area contributed by atoms with Gasteiger partial charge in [0, 0.05) is 37.8 Å². The number of anilines is 2. The number of methoxy groups -OCH3 is 1. The Bertz CT molecular complexity index is 572. The molecule has 0 aromatic carbocycles. The molecule has 0 N–H and O–H groups in total. The molecule has 106 valence electrons. The normalized spacial score (nSPS) is 15.5. The SMILES string of the molecule is COc1nc(Cl)nc(N2CCN(c3nccs3)CC2)n1. The summed E-state index contributed by atoms with van der Waals surface area (Å²) in [5.74, 6) is 0.556. The molecule has 1 aliphatic heterocycles. The number of thiazole rings is 1. The van der Waals surface area contributed by atoms with Crippen molar-refractivity contribution in [1.82, 2.24) is 19.9 Å². The Balaban J connectivity index is 1.70. The number of rotatable bonds is 3. The van der Waals surface area contributed by atoms with Gasteiger partial charge in [0.2, 0.25) is 11.2 Å². The van der Waals surface area contributed by atoms with Gasteiger partial charge < -0.3 is 14.5 Å². The molecule has 20 heavy (non-hydrogen) atoms. The fourth-order valence-electron chi connectivity index (χ4n) is 2.02. The van der Waals surface area contributed by atoms with Crippen LogP contribution in [0.3, 0.4) is 0 Å². The summed E-state index contributed by atoms with van der Waals surface area (Å²) in [6, 6.07) is 0.238. The molecule has 7 nitrogen and oxygen atoms in total. The molecule has 0 spiro atoms. The monoisotopic (exact) mass is 312 g/mol. The van der Waals surface area contributed by atoms with E-state index >= 15 is 0 Å². The molecule has 0 atom stereocenters. The predicted molar refractivity (Wildman–Crippen MR) is 77.9 cm³/mol. The number of nitrogens with zero attached hydrogens (tertiary/aromatic N) is 6.